The van der Waals surface area contributed by atoms with Crippen molar-refractivity contribution >= 4 is 21.8 Å². The summed E-state index contributed by atoms with van der Waals surface area (Å²) in [6, 6.07) is 27.4. The fourth-order valence-corrected chi connectivity index (χ4v) is 9.16. The second kappa shape index (κ2) is 17.0. The van der Waals surface area contributed by atoms with Gasteiger partial charge in [-0.2, -0.15) is 4.31 Å². The Balaban J connectivity index is 0.947. The van der Waals surface area contributed by atoms with E-state index in [2.05, 4.69) is 4.90 Å². The molecular formula is C45H48FN5O7S. The summed E-state index contributed by atoms with van der Waals surface area (Å²) in [6.07, 6.45) is 2.86. The zero-order valence-corrected chi connectivity index (χ0v) is 34.3. The van der Waals surface area contributed by atoms with Gasteiger partial charge in [0.1, 0.15) is 28.6 Å². The van der Waals surface area contributed by atoms with Gasteiger partial charge in [0.05, 0.1) is 43.7 Å². The molecule has 1 spiro atoms. The van der Waals surface area contributed by atoms with Gasteiger partial charge in [0.15, 0.2) is 0 Å². The molecule has 0 bridgehead atoms. The Morgan fingerprint density at radius 1 is 0.831 bits per heavy atom. The quantitative estimate of drug-likeness (QED) is 0.103. The molecule has 3 aliphatic rings. The monoisotopic (exact) mass is 821 g/mol. The summed E-state index contributed by atoms with van der Waals surface area (Å²) in [6.45, 7) is 4.85. The van der Waals surface area contributed by atoms with Crippen LogP contribution >= 0.6 is 0 Å². The molecule has 59 heavy (non-hydrogen) atoms. The van der Waals surface area contributed by atoms with Gasteiger partial charge in [-0.25, -0.2) is 27.6 Å². The number of methoxy groups -OCH3 is 2. The zero-order chi connectivity index (χ0) is 41.1. The Kier molecular flexibility index (Phi) is 11.6. The second-order valence-corrected chi connectivity index (χ2v) is 17.2. The molecule has 0 unspecified atom stereocenters. The highest BCUT2D eigenvalue weighted by Gasteiger charge is 2.47. The van der Waals surface area contributed by atoms with Crippen molar-refractivity contribution in [1.29, 1.82) is 0 Å². The van der Waals surface area contributed by atoms with E-state index in [0.29, 0.717) is 74.6 Å². The molecule has 5 aromatic rings. The highest BCUT2D eigenvalue weighted by atomic mass is 32.2. The van der Waals surface area contributed by atoms with Gasteiger partial charge in [-0.05, 0) is 104 Å². The number of aromatic nitrogens is 2. The fourth-order valence-electron chi connectivity index (χ4n) is 7.74. The van der Waals surface area contributed by atoms with E-state index in [9.17, 15) is 17.6 Å². The molecule has 1 aromatic heterocycles. The third-order valence-electron chi connectivity index (χ3n) is 11.3. The maximum absolute atomic E-state index is 14.2. The van der Waals surface area contributed by atoms with Crippen molar-refractivity contribution in [3.8, 4) is 28.6 Å². The molecule has 0 N–H and O–H groups in total. The first kappa shape index (κ1) is 40.2. The molecule has 8 rings (SSSR count). The first-order chi connectivity index (χ1) is 28.6. The van der Waals surface area contributed by atoms with Crippen LogP contribution in [0.5, 0.6) is 17.4 Å². The van der Waals surface area contributed by atoms with Crippen LogP contribution in [0.4, 0.5) is 14.9 Å². The SMILES string of the molecule is CCOc1nc(-c2ccc(F)cc2)c(C2CC2)nc1CN1CCC2(CC1)CN(c1ccc(S(=O)(=O)N(Cc3ccc(OC)cc3)Cc3ccc(OC)cc3)cc1)C(=O)O2. The number of piperidine rings is 1. The minimum atomic E-state index is -3.97. The lowest BCUT2D eigenvalue weighted by Crippen LogP contribution is -2.46. The molecule has 1 saturated carbocycles. The Morgan fingerprint density at radius 3 is 1.97 bits per heavy atom. The average molecular weight is 822 g/mol. The number of nitrogens with zero attached hydrogens (tertiary/aromatic N) is 5. The molecule has 1 aliphatic carbocycles. The lowest BCUT2D eigenvalue weighted by molar-refractivity contribution is -0.00144. The van der Waals surface area contributed by atoms with Gasteiger partial charge >= 0.3 is 6.09 Å². The number of benzene rings is 4. The molecule has 308 valence electrons. The van der Waals surface area contributed by atoms with Crippen LogP contribution in [0.2, 0.25) is 0 Å². The summed E-state index contributed by atoms with van der Waals surface area (Å²) in [4.78, 5) is 27.4. The Labute approximate surface area is 344 Å². The van der Waals surface area contributed by atoms with Crippen LogP contribution in [-0.2, 0) is 34.4 Å². The van der Waals surface area contributed by atoms with Gasteiger partial charge in [-0.3, -0.25) is 9.80 Å². The van der Waals surface area contributed by atoms with E-state index < -0.39 is 21.7 Å². The molecule has 4 aromatic carbocycles. The lowest BCUT2D eigenvalue weighted by atomic mass is 9.91. The predicted octanol–water partition coefficient (Wildman–Crippen LogP) is 7.96. The summed E-state index contributed by atoms with van der Waals surface area (Å²) in [5.74, 6) is 1.86. The second-order valence-electron chi connectivity index (χ2n) is 15.3. The number of amides is 1. The van der Waals surface area contributed by atoms with Gasteiger partial charge in [-0.1, -0.05) is 24.3 Å². The van der Waals surface area contributed by atoms with Gasteiger partial charge < -0.3 is 18.9 Å². The minimum Gasteiger partial charge on any atom is -0.497 e. The van der Waals surface area contributed by atoms with Crippen molar-refractivity contribution in [2.75, 3.05) is 45.4 Å². The van der Waals surface area contributed by atoms with Crippen molar-refractivity contribution in [1.82, 2.24) is 19.2 Å². The van der Waals surface area contributed by atoms with E-state index in [1.807, 2.05) is 55.5 Å². The maximum atomic E-state index is 14.2. The van der Waals surface area contributed by atoms with Crippen molar-refractivity contribution < 1.29 is 36.6 Å². The largest absolute Gasteiger partial charge is 0.497 e. The predicted molar refractivity (Wildman–Crippen MR) is 221 cm³/mol. The van der Waals surface area contributed by atoms with Crippen LogP contribution in [0.25, 0.3) is 11.3 Å². The standard InChI is InChI=1S/C45H48FN5O7S/c1-4-57-43-40(47-41(33-9-10-33)42(48-43)34-11-13-35(46)14-12-34)29-49-25-23-45(24-26-49)30-51(44(52)58-45)36-15-21-39(22-16-36)59(53,54)50(27-31-5-17-37(55-2)18-6-31)28-32-7-19-38(56-3)20-8-32/h5-8,11-22,33H,4,9-10,23-30H2,1-3H3. The minimum absolute atomic E-state index is 0.115. The summed E-state index contributed by atoms with van der Waals surface area (Å²) in [5.41, 5.74) is 4.74. The molecule has 0 atom stereocenters. The van der Waals surface area contributed by atoms with E-state index in [-0.39, 0.29) is 23.8 Å². The van der Waals surface area contributed by atoms with Crippen LogP contribution in [0.15, 0.2) is 102 Å². The molecule has 0 radical (unpaired) electrons. The van der Waals surface area contributed by atoms with Gasteiger partial charge in [-0.15, -0.1) is 0 Å². The van der Waals surface area contributed by atoms with Crippen LogP contribution in [0.3, 0.4) is 0 Å². The van der Waals surface area contributed by atoms with Crippen LogP contribution in [0, 0.1) is 5.82 Å². The van der Waals surface area contributed by atoms with Gasteiger partial charge in [0.25, 0.3) is 0 Å². The molecule has 2 aliphatic heterocycles. The van der Waals surface area contributed by atoms with Crippen LogP contribution < -0.4 is 19.1 Å². The van der Waals surface area contributed by atoms with Crippen LogP contribution in [-0.4, -0.2) is 79.7 Å². The summed E-state index contributed by atoms with van der Waals surface area (Å²) in [5, 5.41) is 0. The first-order valence-electron chi connectivity index (χ1n) is 19.9. The van der Waals surface area contributed by atoms with Crippen molar-refractivity contribution in [3.63, 3.8) is 0 Å². The summed E-state index contributed by atoms with van der Waals surface area (Å²) < 4.78 is 66.3. The van der Waals surface area contributed by atoms with E-state index in [1.165, 1.54) is 16.4 Å². The van der Waals surface area contributed by atoms with E-state index >= 15 is 0 Å². The Hall–Kier alpha value is -5.57. The van der Waals surface area contributed by atoms with E-state index in [1.54, 1.807) is 55.5 Å². The third kappa shape index (κ3) is 8.90. The Bertz CT molecular complexity index is 2320. The van der Waals surface area contributed by atoms with Crippen molar-refractivity contribution in [2.24, 2.45) is 0 Å². The molecule has 3 fully saturated rings. The number of ether oxygens (including phenoxy) is 4. The number of carbonyl (C=O) groups is 1. The number of halogens is 1. The highest BCUT2D eigenvalue weighted by molar-refractivity contribution is 7.89. The number of rotatable bonds is 15. The number of carbonyl (C=O) groups excluding carboxylic acids is 1. The molecule has 3 heterocycles. The number of sulfonamides is 1. The maximum Gasteiger partial charge on any atom is 0.415 e. The van der Waals surface area contributed by atoms with E-state index in [4.69, 9.17) is 28.9 Å². The molecule has 12 nitrogen and oxygen atoms in total. The summed E-state index contributed by atoms with van der Waals surface area (Å²) >= 11 is 0. The number of hydrogen-bond donors (Lipinski definition) is 0. The molecular weight excluding hydrogens is 774 g/mol. The third-order valence-corrected chi connectivity index (χ3v) is 13.1. The molecule has 14 heteroatoms. The van der Waals surface area contributed by atoms with E-state index in [0.717, 1.165) is 46.6 Å². The highest BCUT2D eigenvalue weighted by Crippen LogP contribution is 2.44. The van der Waals surface area contributed by atoms with Crippen molar-refractivity contribution in [2.45, 2.75) is 68.7 Å². The van der Waals surface area contributed by atoms with Crippen molar-refractivity contribution in [3.05, 3.63) is 125 Å². The fraction of sp³-hybridized carbons (Fsp3) is 0.356. The summed E-state index contributed by atoms with van der Waals surface area (Å²) in [7, 11) is -0.800. The van der Waals surface area contributed by atoms with Gasteiger partial charge in [0.2, 0.25) is 15.9 Å². The number of hydrogen-bond acceptors (Lipinski definition) is 10. The lowest BCUT2D eigenvalue weighted by Gasteiger charge is -2.37. The topological polar surface area (TPSA) is 124 Å². The first-order valence-corrected chi connectivity index (χ1v) is 21.4. The molecule has 1 amide bonds. The van der Waals surface area contributed by atoms with Crippen LogP contribution in [0.1, 0.15) is 61.0 Å². The number of anilines is 1. The molecule has 2 saturated heterocycles. The smallest absolute Gasteiger partial charge is 0.415 e. The zero-order valence-electron chi connectivity index (χ0n) is 33.5. The normalized spacial score (nSPS) is 16.7. The van der Waals surface area contributed by atoms with Gasteiger partial charge in [0, 0.05) is 62.7 Å². The number of likely N-dealkylation sites (tertiary alicyclic amines) is 1. The Morgan fingerprint density at radius 2 is 1.42 bits per heavy atom. The average Bonchev–Trinajstić information content (AvgIpc) is 4.05.